The molecular formula is C23H27FN2O2. The van der Waals surface area contributed by atoms with E-state index in [1.807, 2.05) is 35.2 Å². The molecule has 1 atom stereocenters. The van der Waals surface area contributed by atoms with Gasteiger partial charge in [-0.15, -0.1) is 0 Å². The van der Waals surface area contributed by atoms with E-state index in [-0.39, 0.29) is 23.2 Å². The lowest BCUT2D eigenvalue weighted by Crippen LogP contribution is -2.38. The van der Waals surface area contributed by atoms with Gasteiger partial charge >= 0.3 is 0 Å². The smallest absolute Gasteiger partial charge is 0.223 e. The van der Waals surface area contributed by atoms with Crippen molar-refractivity contribution >= 4 is 11.6 Å². The van der Waals surface area contributed by atoms with Gasteiger partial charge in [-0.05, 0) is 17.0 Å². The summed E-state index contributed by atoms with van der Waals surface area (Å²) < 4.78 is 14.0. The van der Waals surface area contributed by atoms with Crippen LogP contribution < -0.4 is 0 Å². The lowest BCUT2D eigenvalue weighted by molar-refractivity contribution is -0.135. The fourth-order valence-corrected chi connectivity index (χ4v) is 3.25. The molecule has 1 unspecified atom stereocenters. The van der Waals surface area contributed by atoms with Crippen molar-refractivity contribution in [3.63, 3.8) is 0 Å². The van der Waals surface area contributed by atoms with Gasteiger partial charge in [-0.3, -0.25) is 4.79 Å². The highest BCUT2D eigenvalue weighted by Gasteiger charge is 2.29. The number of amides is 1. The zero-order valence-corrected chi connectivity index (χ0v) is 16.7. The summed E-state index contributed by atoms with van der Waals surface area (Å²) in [6.07, 6.45) is 0.657. The van der Waals surface area contributed by atoms with E-state index in [2.05, 4.69) is 25.9 Å². The predicted octanol–water partition coefficient (Wildman–Crippen LogP) is 4.78. The number of carbonyl (C=O) groups is 1. The number of hydrogen-bond acceptors (Lipinski definition) is 3. The van der Waals surface area contributed by atoms with Gasteiger partial charge in [0, 0.05) is 24.9 Å². The third-order valence-electron chi connectivity index (χ3n) is 4.59. The average molecular weight is 382 g/mol. The summed E-state index contributed by atoms with van der Waals surface area (Å²) in [6.45, 7) is 7.10. The van der Waals surface area contributed by atoms with Gasteiger partial charge in [0.25, 0.3) is 0 Å². The summed E-state index contributed by atoms with van der Waals surface area (Å²) in [5, 5.41) is 4.08. The first kappa shape index (κ1) is 20.1. The number of oxime groups is 1. The van der Waals surface area contributed by atoms with E-state index >= 15 is 0 Å². The Balaban J connectivity index is 1.69. The van der Waals surface area contributed by atoms with Crippen molar-refractivity contribution in [3.8, 4) is 0 Å². The molecule has 0 saturated heterocycles. The standard InChI is InChI=1S/C23H27FN2O2/c1-23(2,3)14-22(27)26(15-17-9-5-4-6-10-17)16-18-13-21(25-28-18)19-11-7-8-12-20(19)24/h4-12,18H,13-16H2,1-3H3. The van der Waals surface area contributed by atoms with Gasteiger partial charge in [-0.25, -0.2) is 4.39 Å². The summed E-state index contributed by atoms with van der Waals surface area (Å²) in [6, 6.07) is 16.5. The molecule has 1 amide bonds. The summed E-state index contributed by atoms with van der Waals surface area (Å²) in [5.74, 6) is -0.227. The Morgan fingerprint density at radius 1 is 1.14 bits per heavy atom. The molecule has 2 aromatic carbocycles. The number of benzene rings is 2. The molecule has 0 N–H and O–H groups in total. The lowest BCUT2D eigenvalue weighted by atomic mass is 9.91. The van der Waals surface area contributed by atoms with Crippen molar-refractivity contribution in [1.82, 2.24) is 4.90 Å². The van der Waals surface area contributed by atoms with Crippen LogP contribution in [-0.2, 0) is 16.2 Å². The maximum absolute atomic E-state index is 14.0. The maximum Gasteiger partial charge on any atom is 0.223 e. The van der Waals surface area contributed by atoms with E-state index in [4.69, 9.17) is 4.84 Å². The Kier molecular flexibility index (Phi) is 6.12. The molecule has 0 saturated carbocycles. The maximum atomic E-state index is 14.0. The van der Waals surface area contributed by atoms with Gasteiger partial charge in [-0.1, -0.05) is 74.5 Å². The van der Waals surface area contributed by atoms with E-state index in [1.165, 1.54) is 6.07 Å². The molecule has 0 aliphatic carbocycles. The molecule has 0 radical (unpaired) electrons. The quantitative estimate of drug-likeness (QED) is 0.721. The Labute approximate surface area is 166 Å². The highest BCUT2D eigenvalue weighted by atomic mass is 19.1. The first-order valence-corrected chi connectivity index (χ1v) is 9.61. The SMILES string of the molecule is CC(C)(C)CC(=O)N(Cc1ccccc1)CC1CC(c2ccccc2F)=NO1. The van der Waals surface area contributed by atoms with Crippen LogP contribution in [0.15, 0.2) is 59.8 Å². The van der Waals surface area contributed by atoms with Crippen molar-refractivity contribution in [2.45, 2.75) is 46.3 Å². The molecule has 4 nitrogen and oxygen atoms in total. The third-order valence-corrected chi connectivity index (χ3v) is 4.59. The van der Waals surface area contributed by atoms with Crippen LogP contribution in [0.2, 0.25) is 0 Å². The van der Waals surface area contributed by atoms with Gasteiger partial charge in [-0.2, -0.15) is 0 Å². The van der Waals surface area contributed by atoms with Crippen LogP contribution in [0.4, 0.5) is 4.39 Å². The fourth-order valence-electron chi connectivity index (χ4n) is 3.25. The molecular weight excluding hydrogens is 355 g/mol. The molecule has 28 heavy (non-hydrogen) atoms. The largest absolute Gasteiger partial charge is 0.390 e. The Bertz CT molecular complexity index is 843. The molecule has 1 aliphatic rings. The van der Waals surface area contributed by atoms with E-state index in [0.717, 1.165) is 5.56 Å². The van der Waals surface area contributed by atoms with Crippen LogP contribution in [-0.4, -0.2) is 29.2 Å². The van der Waals surface area contributed by atoms with Crippen molar-refractivity contribution in [2.75, 3.05) is 6.54 Å². The first-order chi connectivity index (χ1) is 13.3. The molecule has 5 heteroatoms. The minimum absolute atomic E-state index is 0.0827. The highest BCUT2D eigenvalue weighted by Crippen LogP contribution is 2.24. The molecule has 2 aromatic rings. The van der Waals surface area contributed by atoms with Crippen molar-refractivity contribution < 1.29 is 14.0 Å². The van der Waals surface area contributed by atoms with E-state index in [0.29, 0.717) is 37.2 Å². The Morgan fingerprint density at radius 3 is 2.50 bits per heavy atom. The number of rotatable bonds is 6. The molecule has 3 rings (SSSR count). The molecule has 1 aliphatic heterocycles. The van der Waals surface area contributed by atoms with Crippen LogP contribution in [0, 0.1) is 11.2 Å². The van der Waals surface area contributed by atoms with E-state index in [9.17, 15) is 9.18 Å². The molecule has 0 bridgehead atoms. The zero-order valence-electron chi connectivity index (χ0n) is 16.7. The van der Waals surface area contributed by atoms with Crippen LogP contribution >= 0.6 is 0 Å². The molecule has 0 spiro atoms. The van der Waals surface area contributed by atoms with Gasteiger partial charge < -0.3 is 9.74 Å². The van der Waals surface area contributed by atoms with Crippen LogP contribution in [0.25, 0.3) is 0 Å². The number of hydrogen-bond donors (Lipinski definition) is 0. The zero-order chi connectivity index (χ0) is 20.1. The van der Waals surface area contributed by atoms with E-state index < -0.39 is 0 Å². The van der Waals surface area contributed by atoms with Gasteiger partial charge in [0.15, 0.2) is 6.10 Å². The normalized spacial score (nSPS) is 16.4. The predicted molar refractivity (Wildman–Crippen MR) is 108 cm³/mol. The van der Waals surface area contributed by atoms with Gasteiger partial charge in [0.2, 0.25) is 5.91 Å². The summed E-state index contributed by atoms with van der Waals surface area (Å²) >= 11 is 0. The summed E-state index contributed by atoms with van der Waals surface area (Å²) in [7, 11) is 0. The lowest BCUT2D eigenvalue weighted by Gasteiger charge is -2.28. The molecule has 1 heterocycles. The summed E-state index contributed by atoms with van der Waals surface area (Å²) in [5.41, 5.74) is 2.02. The number of halogens is 1. The Morgan fingerprint density at radius 2 is 1.82 bits per heavy atom. The van der Waals surface area contributed by atoms with Gasteiger partial charge in [0.1, 0.15) is 5.82 Å². The second-order valence-corrected chi connectivity index (χ2v) is 8.45. The third kappa shape index (κ3) is 5.41. The van der Waals surface area contributed by atoms with Crippen LogP contribution in [0.5, 0.6) is 0 Å². The number of carbonyl (C=O) groups excluding carboxylic acids is 1. The minimum atomic E-state index is -0.310. The first-order valence-electron chi connectivity index (χ1n) is 9.61. The Hall–Kier alpha value is -2.69. The van der Waals surface area contributed by atoms with Crippen LogP contribution in [0.3, 0.4) is 0 Å². The van der Waals surface area contributed by atoms with Crippen molar-refractivity contribution in [2.24, 2.45) is 10.6 Å². The highest BCUT2D eigenvalue weighted by molar-refractivity contribution is 6.01. The van der Waals surface area contributed by atoms with Gasteiger partial charge in [0.05, 0.1) is 12.3 Å². The molecule has 0 fully saturated rings. The summed E-state index contributed by atoms with van der Waals surface area (Å²) in [4.78, 5) is 20.3. The molecule has 0 aromatic heterocycles. The van der Waals surface area contributed by atoms with Crippen LogP contribution in [0.1, 0.15) is 44.7 Å². The minimum Gasteiger partial charge on any atom is -0.390 e. The average Bonchev–Trinajstić information content (AvgIpc) is 3.09. The van der Waals surface area contributed by atoms with Crippen molar-refractivity contribution in [1.29, 1.82) is 0 Å². The fraction of sp³-hybridized carbons (Fsp3) is 0.391. The number of nitrogens with zero attached hydrogens (tertiary/aromatic N) is 2. The second-order valence-electron chi connectivity index (χ2n) is 8.45. The topological polar surface area (TPSA) is 41.9 Å². The second kappa shape index (κ2) is 8.55. The monoisotopic (exact) mass is 382 g/mol. The van der Waals surface area contributed by atoms with E-state index in [1.54, 1.807) is 18.2 Å². The molecule has 148 valence electrons. The van der Waals surface area contributed by atoms with Crippen molar-refractivity contribution in [3.05, 3.63) is 71.5 Å².